The molecule has 2 amide bonds. The summed E-state index contributed by atoms with van der Waals surface area (Å²) < 4.78 is 5.13. The average molecular weight is 269 g/mol. The second-order valence-electron chi connectivity index (χ2n) is 5.52. The molecule has 1 unspecified atom stereocenters. The van der Waals surface area contributed by atoms with Crippen LogP contribution in [-0.2, 0) is 9.53 Å². The molecular formula is C12H19N3O4. The third kappa shape index (κ3) is 4.10. The SMILES string of the molecule is CC(C)(C)[C@@H](NC(=O)N1CCOC(C#N)C1)C(=O)O. The maximum absolute atomic E-state index is 12.0. The van der Waals surface area contributed by atoms with Gasteiger partial charge in [-0.15, -0.1) is 0 Å². The van der Waals surface area contributed by atoms with Crippen molar-refractivity contribution in [2.24, 2.45) is 5.41 Å². The van der Waals surface area contributed by atoms with Crippen molar-refractivity contribution < 1.29 is 19.4 Å². The molecule has 7 nitrogen and oxygen atoms in total. The van der Waals surface area contributed by atoms with Gasteiger partial charge in [-0.25, -0.2) is 9.59 Å². The topological polar surface area (TPSA) is 103 Å². The lowest BCUT2D eigenvalue weighted by molar-refractivity contribution is -0.142. The molecule has 1 heterocycles. The number of hydrogen-bond donors (Lipinski definition) is 2. The summed E-state index contributed by atoms with van der Waals surface area (Å²) in [6, 6.07) is 0.471. The van der Waals surface area contributed by atoms with E-state index < -0.39 is 29.6 Å². The van der Waals surface area contributed by atoms with Gasteiger partial charge in [-0.05, 0) is 5.41 Å². The van der Waals surface area contributed by atoms with Crippen molar-refractivity contribution in [2.45, 2.75) is 32.9 Å². The third-order valence-corrected chi connectivity index (χ3v) is 2.88. The maximum atomic E-state index is 12.0. The van der Waals surface area contributed by atoms with Crippen molar-refractivity contribution in [1.82, 2.24) is 10.2 Å². The molecular weight excluding hydrogens is 250 g/mol. The quantitative estimate of drug-likeness (QED) is 0.756. The Morgan fingerprint density at radius 1 is 1.53 bits per heavy atom. The first-order valence-corrected chi connectivity index (χ1v) is 6.05. The fraction of sp³-hybridized carbons (Fsp3) is 0.750. The fourth-order valence-corrected chi connectivity index (χ4v) is 1.78. The van der Waals surface area contributed by atoms with Crippen molar-refractivity contribution in [1.29, 1.82) is 5.26 Å². The molecule has 1 aliphatic rings. The smallest absolute Gasteiger partial charge is 0.326 e. The second-order valence-corrected chi connectivity index (χ2v) is 5.52. The molecule has 7 heteroatoms. The Morgan fingerprint density at radius 3 is 2.63 bits per heavy atom. The normalized spacial score (nSPS) is 21.4. The van der Waals surface area contributed by atoms with Gasteiger partial charge in [0.25, 0.3) is 0 Å². The highest BCUT2D eigenvalue weighted by Gasteiger charge is 2.34. The number of rotatable bonds is 2. The minimum Gasteiger partial charge on any atom is -0.480 e. The van der Waals surface area contributed by atoms with Crippen molar-refractivity contribution >= 4 is 12.0 Å². The maximum Gasteiger partial charge on any atom is 0.326 e. The number of carbonyl (C=O) groups is 2. The lowest BCUT2D eigenvalue weighted by Crippen LogP contribution is -2.56. The largest absolute Gasteiger partial charge is 0.480 e. The molecule has 0 aromatic carbocycles. The number of urea groups is 1. The molecule has 0 radical (unpaired) electrons. The minimum absolute atomic E-state index is 0.152. The number of nitrogens with zero attached hydrogens (tertiary/aromatic N) is 2. The highest BCUT2D eigenvalue weighted by molar-refractivity contribution is 5.83. The zero-order valence-electron chi connectivity index (χ0n) is 11.3. The Morgan fingerprint density at radius 2 is 2.16 bits per heavy atom. The Kier molecular flexibility index (Phi) is 4.72. The van der Waals surface area contributed by atoms with E-state index in [0.29, 0.717) is 6.54 Å². The molecule has 1 saturated heterocycles. The molecule has 19 heavy (non-hydrogen) atoms. The summed E-state index contributed by atoms with van der Waals surface area (Å²) in [5, 5.41) is 20.4. The minimum atomic E-state index is -1.08. The molecule has 106 valence electrons. The zero-order valence-corrected chi connectivity index (χ0v) is 11.3. The standard InChI is InChI=1S/C12H19N3O4/c1-12(2,3)9(10(16)17)14-11(18)15-4-5-19-8(6-13)7-15/h8-9H,4-5,7H2,1-3H3,(H,14,18)(H,16,17)/t8?,9-/m0/s1. The average Bonchev–Trinajstić information content (AvgIpc) is 2.33. The van der Waals surface area contributed by atoms with Crippen molar-refractivity contribution in [3.8, 4) is 6.07 Å². The van der Waals surface area contributed by atoms with Crippen molar-refractivity contribution in [3.05, 3.63) is 0 Å². The van der Waals surface area contributed by atoms with Gasteiger partial charge in [0.2, 0.25) is 0 Å². The van der Waals surface area contributed by atoms with E-state index in [1.54, 1.807) is 20.8 Å². The van der Waals surface area contributed by atoms with E-state index >= 15 is 0 Å². The first-order chi connectivity index (χ1) is 8.75. The van der Waals surface area contributed by atoms with E-state index in [4.69, 9.17) is 15.1 Å². The molecule has 0 aliphatic carbocycles. The number of carbonyl (C=O) groups excluding carboxylic acids is 1. The number of aliphatic carboxylic acids is 1. The van der Waals surface area contributed by atoms with Gasteiger partial charge in [-0.2, -0.15) is 5.26 Å². The predicted molar refractivity (Wildman–Crippen MR) is 66.3 cm³/mol. The van der Waals surface area contributed by atoms with Crippen LogP contribution in [0.4, 0.5) is 4.79 Å². The Labute approximate surface area is 112 Å². The van der Waals surface area contributed by atoms with Gasteiger partial charge in [0, 0.05) is 6.54 Å². The van der Waals surface area contributed by atoms with Gasteiger partial charge >= 0.3 is 12.0 Å². The van der Waals surface area contributed by atoms with E-state index in [0.717, 1.165) is 0 Å². The lowest BCUT2D eigenvalue weighted by atomic mass is 9.87. The molecule has 0 bridgehead atoms. The van der Waals surface area contributed by atoms with Crippen LogP contribution in [0.3, 0.4) is 0 Å². The van der Waals surface area contributed by atoms with Gasteiger partial charge in [-0.1, -0.05) is 20.8 Å². The molecule has 2 N–H and O–H groups in total. The van der Waals surface area contributed by atoms with Crippen LogP contribution in [0.2, 0.25) is 0 Å². The third-order valence-electron chi connectivity index (χ3n) is 2.88. The summed E-state index contributed by atoms with van der Waals surface area (Å²) in [5.41, 5.74) is -0.595. The number of ether oxygens (including phenoxy) is 1. The summed E-state index contributed by atoms with van der Waals surface area (Å²) in [5.74, 6) is -1.08. The molecule has 0 aromatic heterocycles. The first-order valence-electron chi connectivity index (χ1n) is 6.05. The predicted octanol–water partition coefficient (Wildman–Crippen LogP) is 0.420. The molecule has 1 fully saturated rings. The monoisotopic (exact) mass is 269 g/mol. The van der Waals surface area contributed by atoms with E-state index in [-0.39, 0.29) is 13.2 Å². The molecule has 2 atom stereocenters. The summed E-state index contributed by atoms with van der Waals surface area (Å²) in [4.78, 5) is 24.6. The highest BCUT2D eigenvalue weighted by atomic mass is 16.5. The number of carboxylic acids is 1. The van der Waals surface area contributed by atoms with Crippen LogP contribution >= 0.6 is 0 Å². The molecule has 1 aliphatic heterocycles. The van der Waals surface area contributed by atoms with Crippen molar-refractivity contribution in [2.75, 3.05) is 19.7 Å². The lowest BCUT2D eigenvalue weighted by Gasteiger charge is -2.33. The van der Waals surface area contributed by atoms with Crippen LogP contribution in [-0.4, -0.2) is 53.8 Å². The van der Waals surface area contributed by atoms with E-state index in [2.05, 4.69) is 5.32 Å². The number of nitrogens with one attached hydrogen (secondary N) is 1. The Balaban J connectivity index is 2.68. The Hall–Kier alpha value is -1.81. The number of hydrogen-bond acceptors (Lipinski definition) is 4. The van der Waals surface area contributed by atoms with Crippen LogP contribution in [0.15, 0.2) is 0 Å². The summed E-state index contributed by atoms with van der Waals surface area (Å²) >= 11 is 0. The van der Waals surface area contributed by atoms with Gasteiger partial charge in [0.15, 0.2) is 6.10 Å². The molecule has 0 aromatic rings. The van der Waals surface area contributed by atoms with Crippen LogP contribution in [0.1, 0.15) is 20.8 Å². The van der Waals surface area contributed by atoms with Crippen LogP contribution in [0.25, 0.3) is 0 Å². The van der Waals surface area contributed by atoms with E-state index in [1.807, 2.05) is 6.07 Å². The van der Waals surface area contributed by atoms with E-state index in [1.165, 1.54) is 4.90 Å². The number of carboxylic acid groups (broad SMARTS) is 1. The molecule has 1 rings (SSSR count). The zero-order chi connectivity index (χ0) is 14.6. The number of nitriles is 1. The van der Waals surface area contributed by atoms with Gasteiger partial charge in [0.1, 0.15) is 6.04 Å². The summed E-state index contributed by atoms with van der Waals surface area (Å²) in [7, 11) is 0. The van der Waals surface area contributed by atoms with Crippen molar-refractivity contribution in [3.63, 3.8) is 0 Å². The molecule has 0 spiro atoms. The van der Waals surface area contributed by atoms with Crippen LogP contribution < -0.4 is 5.32 Å². The Bertz CT molecular complexity index is 397. The number of amides is 2. The van der Waals surface area contributed by atoms with Crippen LogP contribution in [0, 0.1) is 16.7 Å². The van der Waals surface area contributed by atoms with Gasteiger partial charge < -0.3 is 20.1 Å². The van der Waals surface area contributed by atoms with E-state index in [9.17, 15) is 9.59 Å². The van der Waals surface area contributed by atoms with Crippen LogP contribution in [0.5, 0.6) is 0 Å². The summed E-state index contributed by atoms with van der Waals surface area (Å²) in [6.45, 7) is 5.99. The highest BCUT2D eigenvalue weighted by Crippen LogP contribution is 2.20. The second kappa shape index (κ2) is 5.89. The first kappa shape index (κ1) is 15.2. The summed E-state index contributed by atoms with van der Waals surface area (Å²) in [6.07, 6.45) is -0.655. The fourth-order valence-electron chi connectivity index (χ4n) is 1.78. The van der Waals surface area contributed by atoms with Gasteiger partial charge in [0.05, 0.1) is 19.2 Å². The molecule has 0 saturated carbocycles. The number of morpholine rings is 1. The van der Waals surface area contributed by atoms with Gasteiger partial charge in [-0.3, -0.25) is 0 Å².